The van der Waals surface area contributed by atoms with Crippen LogP contribution in [0.2, 0.25) is 0 Å². The van der Waals surface area contributed by atoms with E-state index in [1.54, 1.807) is 0 Å². The quantitative estimate of drug-likeness (QED) is 0.0581. The molecule has 0 N–H and O–H groups in total. The number of hydrogen-bond acceptors (Lipinski definition) is 0. The Morgan fingerprint density at radius 2 is 0.529 bits per heavy atom. The van der Waals surface area contributed by atoms with Crippen molar-refractivity contribution in [1.82, 2.24) is 0 Å². The molecule has 0 spiro atoms. The standard InChI is InChI=1S/C28H60N.4ClH.Fe/c1-5-9-13-17-21-25-29(26-22-18-14-10-6-2,27-23-19-15-11-7-3)28-24-20-16-12-8-4;;;;;/h5-28H2,1-4H3;4*1H;/q+1;;;;;+3/p-4. The van der Waals surface area contributed by atoms with Crippen LogP contribution >= 0.6 is 40.4 Å². The summed E-state index contributed by atoms with van der Waals surface area (Å²) in [5.41, 5.74) is 0. The molecule has 0 heterocycles. The fourth-order valence-electron chi connectivity index (χ4n) is 4.87. The topological polar surface area (TPSA) is 0 Å². The molecule has 0 radical (unpaired) electrons. The van der Waals surface area contributed by atoms with Gasteiger partial charge >= 0.3 is 49.6 Å². The van der Waals surface area contributed by atoms with Gasteiger partial charge < -0.3 is 4.48 Å². The monoisotopic (exact) mass is 606 g/mol. The zero-order valence-electron chi connectivity index (χ0n) is 23.3. The van der Waals surface area contributed by atoms with Gasteiger partial charge in [0.25, 0.3) is 0 Å². The number of rotatable bonds is 24. The minimum absolute atomic E-state index is 1.37. The molecule has 0 aliphatic rings. The molecule has 0 atom stereocenters. The third-order valence-corrected chi connectivity index (χ3v) is 6.94. The predicted octanol–water partition coefficient (Wildman–Crippen LogP) is 12.4. The molecule has 0 fully saturated rings. The normalized spacial score (nSPS) is 12.5. The molecular weight excluding hydrogens is 548 g/mol. The van der Waals surface area contributed by atoms with E-state index in [1.165, 1.54) is 159 Å². The predicted molar refractivity (Wildman–Crippen MR) is 158 cm³/mol. The summed E-state index contributed by atoms with van der Waals surface area (Å²) in [4.78, 5) is 0. The minimum atomic E-state index is -2.61. The third-order valence-electron chi connectivity index (χ3n) is 6.94. The van der Waals surface area contributed by atoms with Crippen LogP contribution in [-0.4, -0.2) is 30.7 Å². The fraction of sp³-hybridized carbons (Fsp3) is 1.00. The Morgan fingerprint density at radius 1 is 0.353 bits per heavy atom. The molecule has 0 saturated carbocycles. The molecule has 0 aromatic carbocycles. The molecule has 1 nitrogen and oxygen atoms in total. The maximum atomic E-state index is 4.95. The Bertz CT molecular complexity index is 324. The molecule has 0 amide bonds. The van der Waals surface area contributed by atoms with Gasteiger partial charge in [0.2, 0.25) is 0 Å². The number of quaternary nitrogens is 1. The second-order valence-electron chi connectivity index (χ2n) is 10.2. The van der Waals surface area contributed by atoms with Crippen LogP contribution in [0.15, 0.2) is 0 Å². The zero-order valence-corrected chi connectivity index (χ0v) is 27.4. The van der Waals surface area contributed by atoms with Crippen molar-refractivity contribution in [2.24, 2.45) is 0 Å². The molecule has 34 heavy (non-hydrogen) atoms. The summed E-state index contributed by atoms with van der Waals surface area (Å²) in [6.45, 7) is 15.2. The SMILES string of the molecule is CCCCCCC[N+](CCCCCCC)(CCCCCCC)CCCCCCC.[Cl][Fe-]([Cl])([Cl])[Cl]. The second kappa shape index (κ2) is 27.7. The van der Waals surface area contributed by atoms with Crippen molar-refractivity contribution >= 4 is 40.4 Å². The van der Waals surface area contributed by atoms with Crippen LogP contribution in [0, 0.1) is 0 Å². The molecule has 0 aliphatic carbocycles. The molecule has 0 saturated heterocycles. The number of halogens is 4. The van der Waals surface area contributed by atoms with Crippen LogP contribution in [0.1, 0.15) is 156 Å². The van der Waals surface area contributed by atoms with E-state index in [0.29, 0.717) is 0 Å². The first-order valence-corrected chi connectivity index (χ1v) is 20.7. The fourth-order valence-corrected chi connectivity index (χ4v) is 4.87. The summed E-state index contributed by atoms with van der Waals surface area (Å²) in [6, 6.07) is 0. The Morgan fingerprint density at radius 3 is 0.706 bits per heavy atom. The number of nitrogens with zero attached hydrogens (tertiary/aromatic N) is 1. The van der Waals surface area contributed by atoms with Gasteiger partial charge in [0.1, 0.15) is 0 Å². The Labute approximate surface area is 235 Å². The molecule has 0 aromatic heterocycles. The summed E-state index contributed by atoms with van der Waals surface area (Å²) in [6.07, 6.45) is 28.8. The van der Waals surface area contributed by atoms with Gasteiger partial charge in [-0.3, -0.25) is 0 Å². The molecule has 0 rings (SSSR count). The Hall–Kier alpha value is 1.64. The average molecular weight is 608 g/mol. The van der Waals surface area contributed by atoms with Crippen molar-refractivity contribution < 1.29 is 13.7 Å². The summed E-state index contributed by atoms with van der Waals surface area (Å²) in [7, 11) is 17.2. The number of unbranched alkanes of at least 4 members (excludes halogenated alkanes) is 16. The van der Waals surface area contributed by atoms with Gasteiger partial charge in [-0.2, -0.15) is 0 Å². The molecule has 0 aliphatic heterocycles. The van der Waals surface area contributed by atoms with E-state index in [-0.39, 0.29) is 0 Å². The van der Waals surface area contributed by atoms with Gasteiger partial charge in [-0.25, -0.2) is 0 Å². The van der Waals surface area contributed by atoms with Crippen molar-refractivity contribution in [3.63, 3.8) is 0 Å². The van der Waals surface area contributed by atoms with Gasteiger partial charge in [0, 0.05) is 0 Å². The van der Waals surface area contributed by atoms with E-state index in [9.17, 15) is 0 Å². The van der Waals surface area contributed by atoms with Gasteiger partial charge in [0.05, 0.1) is 26.2 Å². The van der Waals surface area contributed by atoms with Crippen molar-refractivity contribution in [3.05, 3.63) is 0 Å². The summed E-state index contributed by atoms with van der Waals surface area (Å²) < 4.78 is 1.47. The van der Waals surface area contributed by atoms with Crippen molar-refractivity contribution in [2.75, 3.05) is 26.2 Å². The molecule has 0 aromatic rings. The first-order valence-electron chi connectivity index (χ1n) is 14.6. The van der Waals surface area contributed by atoms with Crippen LogP contribution in [0.4, 0.5) is 0 Å². The first kappa shape index (κ1) is 37.8. The molecule has 6 heteroatoms. The van der Waals surface area contributed by atoms with Gasteiger partial charge in [0.15, 0.2) is 0 Å². The van der Waals surface area contributed by atoms with Crippen molar-refractivity contribution in [1.29, 1.82) is 0 Å². The van der Waals surface area contributed by atoms with E-state index < -0.39 is 9.20 Å². The van der Waals surface area contributed by atoms with Gasteiger partial charge in [-0.1, -0.05) is 105 Å². The van der Waals surface area contributed by atoms with Crippen molar-refractivity contribution in [3.8, 4) is 0 Å². The van der Waals surface area contributed by atoms with E-state index in [2.05, 4.69) is 27.7 Å². The van der Waals surface area contributed by atoms with Crippen LogP contribution in [-0.2, 0) is 9.20 Å². The van der Waals surface area contributed by atoms with E-state index in [0.717, 1.165) is 0 Å². The molecule has 213 valence electrons. The zero-order chi connectivity index (χ0) is 26.0. The summed E-state index contributed by atoms with van der Waals surface area (Å²) in [5, 5.41) is 0. The van der Waals surface area contributed by atoms with Crippen LogP contribution < -0.4 is 0 Å². The van der Waals surface area contributed by atoms with E-state index in [4.69, 9.17) is 40.4 Å². The first-order chi connectivity index (χ1) is 16.2. The third kappa shape index (κ3) is 31.7. The van der Waals surface area contributed by atoms with Crippen LogP contribution in [0.3, 0.4) is 0 Å². The van der Waals surface area contributed by atoms with Crippen molar-refractivity contribution in [2.45, 2.75) is 156 Å². The maximum absolute atomic E-state index is 4.95. The van der Waals surface area contributed by atoms with Crippen LogP contribution in [0.25, 0.3) is 0 Å². The summed E-state index contributed by atoms with van der Waals surface area (Å²) in [5.74, 6) is 0. The number of hydrogen-bond donors (Lipinski definition) is 0. The average Bonchev–Trinajstić information content (AvgIpc) is 2.77. The molecule has 0 unspecified atom stereocenters. The van der Waals surface area contributed by atoms with Crippen LogP contribution in [0.5, 0.6) is 0 Å². The molecule has 0 bridgehead atoms. The van der Waals surface area contributed by atoms with Gasteiger partial charge in [-0.15, -0.1) is 0 Å². The second-order valence-corrected chi connectivity index (χ2v) is 21.1. The van der Waals surface area contributed by atoms with E-state index in [1.807, 2.05) is 0 Å². The Kier molecular flexibility index (Phi) is 30.8. The Balaban J connectivity index is 0. The summed E-state index contributed by atoms with van der Waals surface area (Å²) >= 11 is 0. The molecular formula is C28H60Cl4FeN. The van der Waals surface area contributed by atoms with Gasteiger partial charge in [-0.05, 0) is 51.4 Å². The van der Waals surface area contributed by atoms with E-state index >= 15 is 0 Å².